The third-order valence-corrected chi connectivity index (χ3v) is 12.2. The lowest BCUT2D eigenvalue weighted by molar-refractivity contribution is -0.215. The summed E-state index contributed by atoms with van der Waals surface area (Å²) in [7, 11) is 0. The molecule has 0 amide bonds. The highest BCUT2D eigenvalue weighted by atomic mass is 16.8. The Morgan fingerprint density at radius 2 is 0.657 bits per heavy atom. The monoisotopic (exact) mass is 935 g/mol. The second-order valence-electron chi connectivity index (χ2n) is 18.6. The lowest BCUT2D eigenvalue weighted by atomic mass is 10.1. The molecule has 384 valence electrons. The van der Waals surface area contributed by atoms with Crippen LogP contribution in [0.15, 0.2) is 85.0 Å². The zero-order chi connectivity index (χ0) is 47.8. The van der Waals surface area contributed by atoms with Gasteiger partial charge >= 0.3 is 0 Å². The molecular weight excluding hydrogens is 833 g/mol. The predicted octanol–water partition coefficient (Wildman–Crippen LogP) is 17.7. The van der Waals surface area contributed by atoms with Crippen molar-refractivity contribution in [3.05, 3.63) is 96.1 Å². The molecule has 2 aromatic carbocycles. The number of ether oxygens (including phenoxy) is 7. The summed E-state index contributed by atoms with van der Waals surface area (Å²) in [5.74, 6) is 0. The first-order valence-corrected chi connectivity index (χ1v) is 27.9. The third-order valence-electron chi connectivity index (χ3n) is 12.2. The molecule has 0 fully saturated rings. The van der Waals surface area contributed by atoms with E-state index in [9.17, 15) is 0 Å². The lowest BCUT2D eigenvalue weighted by Gasteiger charge is -2.22. The van der Waals surface area contributed by atoms with Gasteiger partial charge in [-0.05, 0) is 100 Å². The number of rotatable bonds is 50. The van der Waals surface area contributed by atoms with Gasteiger partial charge in [0.1, 0.15) is 0 Å². The molecule has 7 heteroatoms. The molecule has 2 rings (SSSR count). The Bertz CT molecular complexity index is 1210. The molecule has 0 saturated heterocycles. The summed E-state index contributed by atoms with van der Waals surface area (Å²) in [5, 5.41) is 0. The second-order valence-corrected chi connectivity index (χ2v) is 18.6. The Morgan fingerprint density at radius 1 is 0.343 bits per heavy atom. The Labute approximate surface area is 412 Å². The average molecular weight is 935 g/mol. The first-order valence-electron chi connectivity index (χ1n) is 27.9. The summed E-state index contributed by atoms with van der Waals surface area (Å²) in [4.78, 5) is 0. The molecule has 0 N–H and O–H groups in total. The van der Waals surface area contributed by atoms with E-state index in [1.54, 1.807) is 0 Å². The third kappa shape index (κ3) is 38.1. The first kappa shape index (κ1) is 60.8. The molecule has 0 radical (unpaired) electrons. The van der Waals surface area contributed by atoms with E-state index in [4.69, 9.17) is 33.2 Å². The highest BCUT2D eigenvalue weighted by Crippen LogP contribution is 2.18. The van der Waals surface area contributed by atoms with E-state index in [1.165, 1.54) is 128 Å². The van der Waals surface area contributed by atoms with Crippen LogP contribution in [0.1, 0.15) is 231 Å². The maximum Gasteiger partial charge on any atom is 0.180 e. The molecule has 0 aliphatic rings. The Hall–Kier alpha value is -2.36. The maximum absolute atomic E-state index is 6.57. The van der Waals surface area contributed by atoms with Crippen LogP contribution in [-0.4, -0.2) is 51.6 Å². The largest absolute Gasteiger partial charge is 0.353 e. The lowest BCUT2D eigenvalue weighted by Crippen LogP contribution is -2.24. The molecule has 2 unspecified atom stereocenters. The highest BCUT2D eigenvalue weighted by molar-refractivity contribution is 5.14. The van der Waals surface area contributed by atoms with Crippen LogP contribution in [0, 0.1) is 0 Å². The van der Waals surface area contributed by atoms with Gasteiger partial charge in [-0.3, -0.25) is 0 Å². The van der Waals surface area contributed by atoms with E-state index >= 15 is 0 Å². The molecule has 0 spiro atoms. The van der Waals surface area contributed by atoms with Gasteiger partial charge in [0.05, 0.1) is 13.2 Å². The van der Waals surface area contributed by atoms with Crippen molar-refractivity contribution in [2.45, 2.75) is 259 Å². The van der Waals surface area contributed by atoms with E-state index in [0.717, 1.165) is 102 Å². The van der Waals surface area contributed by atoms with E-state index in [1.807, 2.05) is 12.1 Å². The molecule has 0 bridgehead atoms. The van der Waals surface area contributed by atoms with Crippen molar-refractivity contribution >= 4 is 0 Å². The number of hydrogen-bond acceptors (Lipinski definition) is 7. The number of hydrogen-bond donors (Lipinski definition) is 0. The molecule has 0 heterocycles. The van der Waals surface area contributed by atoms with Crippen LogP contribution in [-0.2, 0) is 46.4 Å². The van der Waals surface area contributed by atoms with Crippen molar-refractivity contribution in [2.24, 2.45) is 0 Å². The van der Waals surface area contributed by atoms with Gasteiger partial charge < -0.3 is 33.2 Å². The number of unbranched alkanes of at least 4 members (excludes halogenated alkanes) is 22. The van der Waals surface area contributed by atoms with Crippen LogP contribution in [0.3, 0.4) is 0 Å². The quantitative estimate of drug-likeness (QED) is 0.0372. The van der Waals surface area contributed by atoms with Crippen molar-refractivity contribution < 1.29 is 33.2 Å². The molecular formula is C60H102O7. The molecule has 2 atom stereocenters. The fourth-order valence-electron chi connectivity index (χ4n) is 7.94. The van der Waals surface area contributed by atoms with Gasteiger partial charge in [0.15, 0.2) is 25.2 Å². The van der Waals surface area contributed by atoms with Crippen LogP contribution < -0.4 is 0 Å². The standard InChI is InChI=1S/C60H102O7/c1-5-9-37-49-61-57(62-50-38-10-6-2)45-33-23-19-15-13-17-21-25-35-47-59(65-53-55-41-29-27-30-42-55)67-60(66-54-56-43-31-28-32-44-56)48-36-26-22-18-14-16-20-24-34-46-58(63-51-39-11-7-3)64-52-40-12-8-4/h27-32,35-36,41-44,47-48,57-60H,5-26,33-34,37-40,45-46,49-54H2,1-4H3. The minimum Gasteiger partial charge on any atom is -0.353 e. The van der Waals surface area contributed by atoms with E-state index in [2.05, 4.69) is 101 Å². The van der Waals surface area contributed by atoms with Crippen LogP contribution in [0.2, 0.25) is 0 Å². The minimum absolute atomic E-state index is 0.0291. The Morgan fingerprint density at radius 3 is 0.985 bits per heavy atom. The van der Waals surface area contributed by atoms with Crippen LogP contribution in [0.5, 0.6) is 0 Å². The van der Waals surface area contributed by atoms with Gasteiger partial charge in [-0.15, -0.1) is 0 Å². The van der Waals surface area contributed by atoms with Crippen LogP contribution in [0.4, 0.5) is 0 Å². The zero-order valence-corrected chi connectivity index (χ0v) is 43.7. The van der Waals surface area contributed by atoms with Crippen molar-refractivity contribution in [1.29, 1.82) is 0 Å². The summed E-state index contributed by atoms with van der Waals surface area (Å²) >= 11 is 0. The summed E-state index contributed by atoms with van der Waals surface area (Å²) < 4.78 is 43.8. The van der Waals surface area contributed by atoms with Gasteiger partial charge in [0.25, 0.3) is 0 Å². The van der Waals surface area contributed by atoms with Gasteiger partial charge in [-0.1, -0.05) is 216 Å². The van der Waals surface area contributed by atoms with Crippen LogP contribution >= 0.6 is 0 Å². The summed E-state index contributed by atoms with van der Waals surface area (Å²) in [5.41, 5.74) is 2.25. The van der Waals surface area contributed by atoms with Gasteiger partial charge in [0, 0.05) is 26.4 Å². The van der Waals surface area contributed by atoms with E-state index in [-0.39, 0.29) is 12.6 Å². The number of allylic oxidation sites excluding steroid dienone is 2. The fourth-order valence-corrected chi connectivity index (χ4v) is 7.94. The average Bonchev–Trinajstić information content (AvgIpc) is 3.35. The van der Waals surface area contributed by atoms with Gasteiger partial charge in [0.2, 0.25) is 0 Å². The first-order chi connectivity index (χ1) is 33.2. The Kier molecular flexibility index (Phi) is 42.9. The summed E-state index contributed by atoms with van der Waals surface area (Å²) in [6.07, 6.45) is 43.2. The van der Waals surface area contributed by atoms with E-state index < -0.39 is 12.6 Å². The molecule has 0 aliphatic heterocycles. The minimum atomic E-state index is -0.517. The summed E-state index contributed by atoms with van der Waals surface area (Å²) in [6.45, 7) is 13.2. The van der Waals surface area contributed by atoms with Crippen molar-refractivity contribution in [3.8, 4) is 0 Å². The predicted molar refractivity (Wildman–Crippen MR) is 282 cm³/mol. The highest BCUT2D eigenvalue weighted by Gasteiger charge is 2.15. The number of benzene rings is 2. The fraction of sp³-hybridized carbons (Fsp3) is 0.733. The van der Waals surface area contributed by atoms with Gasteiger partial charge in [-0.25, -0.2) is 0 Å². The Balaban J connectivity index is 1.78. The molecule has 7 nitrogen and oxygen atoms in total. The van der Waals surface area contributed by atoms with E-state index in [0.29, 0.717) is 13.2 Å². The van der Waals surface area contributed by atoms with Crippen molar-refractivity contribution in [2.75, 3.05) is 26.4 Å². The smallest absolute Gasteiger partial charge is 0.180 e. The second kappa shape index (κ2) is 47.3. The summed E-state index contributed by atoms with van der Waals surface area (Å²) in [6, 6.07) is 20.7. The zero-order valence-electron chi connectivity index (χ0n) is 43.7. The maximum atomic E-state index is 6.57. The van der Waals surface area contributed by atoms with Crippen molar-refractivity contribution in [1.82, 2.24) is 0 Å². The topological polar surface area (TPSA) is 64.6 Å². The van der Waals surface area contributed by atoms with Gasteiger partial charge in [-0.2, -0.15) is 0 Å². The van der Waals surface area contributed by atoms with Crippen molar-refractivity contribution in [3.63, 3.8) is 0 Å². The van der Waals surface area contributed by atoms with Crippen LogP contribution in [0.25, 0.3) is 0 Å². The normalized spacial score (nSPS) is 13.0. The molecule has 0 aliphatic carbocycles. The SMILES string of the molecule is CCCCCOC(CCCCCCCCCC=CC(OCc1ccccc1)OC(C=CCCCCCCCCCC(OCCCCC)OCCCCC)OCc1ccccc1)OCCCCC. The molecule has 0 saturated carbocycles. The molecule has 67 heavy (non-hydrogen) atoms. The molecule has 2 aromatic rings. The molecule has 0 aromatic heterocycles.